The van der Waals surface area contributed by atoms with Crippen molar-refractivity contribution in [3.8, 4) is 17.1 Å². The van der Waals surface area contributed by atoms with Crippen molar-refractivity contribution in [1.29, 1.82) is 0 Å². The van der Waals surface area contributed by atoms with Gasteiger partial charge < -0.3 is 20.2 Å². The molecule has 1 spiro atoms. The molecule has 4 aromatic rings. The van der Waals surface area contributed by atoms with E-state index in [9.17, 15) is 14.7 Å². The van der Waals surface area contributed by atoms with Gasteiger partial charge in [-0.25, -0.2) is 0 Å². The highest BCUT2D eigenvalue weighted by atomic mass is 35.5. The Kier molecular flexibility index (Phi) is 5.32. The van der Waals surface area contributed by atoms with Crippen molar-refractivity contribution < 1.29 is 19.1 Å². The van der Waals surface area contributed by atoms with E-state index in [-0.39, 0.29) is 24.0 Å². The van der Waals surface area contributed by atoms with E-state index in [2.05, 4.69) is 10.6 Å². The molecule has 2 amide bonds. The second-order valence-electron chi connectivity index (χ2n) is 9.08. The van der Waals surface area contributed by atoms with Crippen LogP contribution in [0.3, 0.4) is 0 Å². The molecule has 2 aliphatic heterocycles. The Morgan fingerprint density at radius 1 is 0.944 bits per heavy atom. The first-order chi connectivity index (χ1) is 17.4. The summed E-state index contributed by atoms with van der Waals surface area (Å²) in [7, 11) is 0. The number of carbonyl (C=O) groups is 2. The SMILES string of the molecule is O=C1CC(c2cccc(Cl)c2)C2(C(=O)Nc3cc(Cl)ccc32)C(c2cc(-c3ccco3)ccc2O)N1. The van der Waals surface area contributed by atoms with E-state index in [1.165, 1.54) is 0 Å². The zero-order chi connectivity index (χ0) is 25.0. The molecule has 0 saturated carbocycles. The van der Waals surface area contributed by atoms with Crippen molar-refractivity contribution in [1.82, 2.24) is 5.32 Å². The summed E-state index contributed by atoms with van der Waals surface area (Å²) >= 11 is 12.6. The average molecular weight is 519 g/mol. The van der Waals surface area contributed by atoms with Gasteiger partial charge in [0.25, 0.3) is 0 Å². The number of halogens is 2. The van der Waals surface area contributed by atoms with Crippen LogP contribution in [-0.4, -0.2) is 16.9 Å². The molecule has 0 aliphatic carbocycles. The van der Waals surface area contributed by atoms with Gasteiger partial charge in [0.15, 0.2) is 0 Å². The maximum Gasteiger partial charge on any atom is 0.238 e. The largest absolute Gasteiger partial charge is 0.508 e. The molecule has 6 nitrogen and oxygen atoms in total. The summed E-state index contributed by atoms with van der Waals surface area (Å²) in [6.45, 7) is 0. The minimum absolute atomic E-state index is 0.0445. The van der Waals surface area contributed by atoms with E-state index < -0.39 is 17.4 Å². The molecule has 0 radical (unpaired) electrons. The maximum absolute atomic E-state index is 14.1. The molecule has 1 aromatic heterocycles. The monoisotopic (exact) mass is 518 g/mol. The lowest BCUT2D eigenvalue weighted by Crippen LogP contribution is -2.56. The van der Waals surface area contributed by atoms with Crippen molar-refractivity contribution in [2.24, 2.45) is 0 Å². The van der Waals surface area contributed by atoms with Gasteiger partial charge in [0.2, 0.25) is 11.8 Å². The topological polar surface area (TPSA) is 91.6 Å². The van der Waals surface area contributed by atoms with E-state index in [1.807, 2.05) is 12.1 Å². The molecule has 3 atom stereocenters. The molecule has 0 bridgehead atoms. The Hall–Kier alpha value is -3.74. The molecule has 3 heterocycles. The predicted molar refractivity (Wildman–Crippen MR) is 137 cm³/mol. The average Bonchev–Trinajstić information content (AvgIpc) is 3.48. The number of phenolic OH excluding ortho intramolecular Hbond substituents is 1. The number of furan rings is 1. The fourth-order valence-electron chi connectivity index (χ4n) is 5.65. The number of rotatable bonds is 3. The van der Waals surface area contributed by atoms with E-state index in [0.29, 0.717) is 38.2 Å². The van der Waals surface area contributed by atoms with E-state index >= 15 is 0 Å². The summed E-state index contributed by atoms with van der Waals surface area (Å²) in [6.07, 6.45) is 1.62. The van der Waals surface area contributed by atoms with Gasteiger partial charge in [-0.2, -0.15) is 0 Å². The van der Waals surface area contributed by atoms with Crippen molar-refractivity contribution in [2.75, 3.05) is 5.32 Å². The fraction of sp³-hybridized carbons (Fsp3) is 0.143. The highest BCUT2D eigenvalue weighted by Gasteiger charge is 2.61. The normalized spacial score (nSPS) is 22.8. The molecule has 2 aliphatic rings. The Morgan fingerprint density at radius 2 is 1.78 bits per heavy atom. The number of aromatic hydroxyl groups is 1. The smallest absolute Gasteiger partial charge is 0.238 e. The molecule has 1 saturated heterocycles. The van der Waals surface area contributed by atoms with Crippen LogP contribution in [0, 0.1) is 0 Å². The Labute approximate surface area is 216 Å². The van der Waals surface area contributed by atoms with Crippen LogP contribution in [0.2, 0.25) is 10.0 Å². The highest BCUT2D eigenvalue weighted by molar-refractivity contribution is 6.31. The van der Waals surface area contributed by atoms with Gasteiger partial charge in [-0.3, -0.25) is 9.59 Å². The molecule has 180 valence electrons. The van der Waals surface area contributed by atoms with Gasteiger partial charge in [0.1, 0.15) is 16.9 Å². The van der Waals surface area contributed by atoms with Crippen molar-refractivity contribution in [3.63, 3.8) is 0 Å². The third-order valence-electron chi connectivity index (χ3n) is 7.15. The molecule has 3 unspecified atom stereocenters. The van der Waals surface area contributed by atoms with Crippen LogP contribution in [0.4, 0.5) is 5.69 Å². The van der Waals surface area contributed by atoms with Crippen molar-refractivity contribution in [3.05, 3.63) is 106 Å². The van der Waals surface area contributed by atoms with Crippen LogP contribution in [0.5, 0.6) is 5.75 Å². The fourth-order valence-corrected chi connectivity index (χ4v) is 6.02. The van der Waals surface area contributed by atoms with E-state index in [4.69, 9.17) is 27.6 Å². The number of hydrogen-bond donors (Lipinski definition) is 3. The number of amides is 2. The molecular formula is C28H20Cl2N2O4. The first kappa shape index (κ1) is 22.7. The van der Waals surface area contributed by atoms with E-state index in [1.54, 1.807) is 66.9 Å². The molecule has 6 rings (SSSR count). The minimum Gasteiger partial charge on any atom is -0.508 e. The van der Waals surface area contributed by atoms with Gasteiger partial charge in [-0.15, -0.1) is 0 Å². The molecule has 8 heteroatoms. The number of fused-ring (bicyclic) bond motifs is 2. The first-order valence-electron chi connectivity index (χ1n) is 11.4. The summed E-state index contributed by atoms with van der Waals surface area (Å²) in [4.78, 5) is 27.2. The highest BCUT2D eigenvalue weighted by Crippen LogP contribution is 2.58. The summed E-state index contributed by atoms with van der Waals surface area (Å²) in [5.41, 5.74) is 1.84. The summed E-state index contributed by atoms with van der Waals surface area (Å²) in [5.74, 6) is -0.547. The van der Waals surface area contributed by atoms with Crippen LogP contribution in [0.15, 0.2) is 83.5 Å². The zero-order valence-electron chi connectivity index (χ0n) is 18.8. The maximum atomic E-state index is 14.1. The number of anilines is 1. The standard InChI is InChI=1S/C28H20Cl2N2O4/c29-17-4-1-3-15(11-17)21-14-25(34)32-26(19-12-16(6-9-23(19)33)24-5-2-10-36-24)28(21)20-8-7-18(30)13-22(20)31-27(28)35/h1-13,21,26,33H,14H2,(H,31,35)(H,32,34). The number of phenols is 1. The van der Waals surface area contributed by atoms with Crippen LogP contribution < -0.4 is 10.6 Å². The second kappa shape index (κ2) is 8.43. The van der Waals surface area contributed by atoms with Crippen molar-refractivity contribution in [2.45, 2.75) is 23.8 Å². The quantitative estimate of drug-likeness (QED) is 0.301. The van der Waals surface area contributed by atoms with Gasteiger partial charge in [0, 0.05) is 39.2 Å². The number of piperidine rings is 1. The molecule has 3 N–H and O–H groups in total. The van der Waals surface area contributed by atoms with Gasteiger partial charge in [0.05, 0.1) is 12.3 Å². The number of hydrogen-bond acceptors (Lipinski definition) is 4. The van der Waals surface area contributed by atoms with Crippen LogP contribution in [0.25, 0.3) is 11.3 Å². The van der Waals surface area contributed by atoms with Gasteiger partial charge in [-0.05, 0) is 65.7 Å². The number of carbonyl (C=O) groups excluding carboxylic acids is 2. The number of nitrogens with one attached hydrogen (secondary N) is 2. The summed E-state index contributed by atoms with van der Waals surface area (Å²) in [5, 5.41) is 18.0. The predicted octanol–water partition coefficient (Wildman–Crippen LogP) is 6.19. The lowest BCUT2D eigenvalue weighted by molar-refractivity contribution is -0.131. The van der Waals surface area contributed by atoms with E-state index in [0.717, 1.165) is 5.56 Å². The minimum atomic E-state index is -1.28. The first-order valence-corrected chi connectivity index (χ1v) is 12.2. The molecule has 1 fully saturated rings. The van der Waals surface area contributed by atoms with Crippen molar-refractivity contribution >= 4 is 40.7 Å². The van der Waals surface area contributed by atoms with Gasteiger partial charge >= 0.3 is 0 Å². The van der Waals surface area contributed by atoms with Crippen LogP contribution in [0.1, 0.15) is 35.1 Å². The third kappa shape index (κ3) is 3.40. The molecular weight excluding hydrogens is 499 g/mol. The summed E-state index contributed by atoms with van der Waals surface area (Å²) < 4.78 is 5.56. The summed E-state index contributed by atoms with van der Waals surface area (Å²) in [6, 6.07) is 20.2. The van der Waals surface area contributed by atoms with Crippen LogP contribution >= 0.6 is 23.2 Å². The lowest BCUT2D eigenvalue weighted by atomic mass is 9.59. The zero-order valence-corrected chi connectivity index (χ0v) is 20.3. The Bertz CT molecular complexity index is 1520. The Balaban J connectivity index is 1.63. The molecule has 36 heavy (non-hydrogen) atoms. The second-order valence-corrected chi connectivity index (χ2v) is 9.95. The lowest BCUT2D eigenvalue weighted by Gasteiger charge is -2.46. The Morgan fingerprint density at radius 3 is 2.56 bits per heavy atom. The third-order valence-corrected chi connectivity index (χ3v) is 7.62. The molecule has 3 aromatic carbocycles. The van der Waals surface area contributed by atoms with Crippen LogP contribution in [-0.2, 0) is 15.0 Å². The van der Waals surface area contributed by atoms with Gasteiger partial charge in [-0.1, -0.05) is 41.4 Å². The number of benzene rings is 3.